The number of benzene rings is 1. The van der Waals surface area contributed by atoms with Crippen LogP contribution in [0.5, 0.6) is 0 Å². The van der Waals surface area contributed by atoms with Crippen LogP contribution in [0.3, 0.4) is 0 Å². The summed E-state index contributed by atoms with van der Waals surface area (Å²) in [6, 6.07) is 9.88. The van der Waals surface area contributed by atoms with Gasteiger partial charge in [0.2, 0.25) is 0 Å². The molecule has 2 aromatic heterocycles. The van der Waals surface area contributed by atoms with Gasteiger partial charge in [0.1, 0.15) is 0 Å². The Hall–Kier alpha value is -1.55. The summed E-state index contributed by atoms with van der Waals surface area (Å²) in [5.74, 6) is 0. The number of fused-ring (bicyclic) bond motifs is 1. The van der Waals surface area contributed by atoms with Gasteiger partial charge < -0.3 is 5.11 Å². The molecule has 0 aliphatic rings. The highest BCUT2D eigenvalue weighted by molar-refractivity contribution is 6.36. The van der Waals surface area contributed by atoms with E-state index < -0.39 is 0 Å². The molecule has 0 spiro atoms. The van der Waals surface area contributed by atoms with Crippen LogP contribution in [0.4, 0.5) is 0 Å². The standard InChI is InChI=1S/C16H14Cl2N2O/c1-10-3-2-4-11(5-10)6-14-15(9-21)20-8-12(17)7-13(18)16(20)19-14/h2-5,7-8,21H,6,9H2,1H3. The van der Waals surface area contributed by atoms with Crippen LogP contribution in [-0.2, 0) is 13.0 Å². The van der Waals surface area contributed by atoms with E-state index in [2.05, 4.69) is 24.0 Å². The van der Waals surface area contributed by atoms with Gasteiger partial charge in [-0.2, -0.15) is 0 Å². The lowest BCUT2D eigenvalue weighted by Gasteiger charge is -2.04. The molecule has 0 bridgehead atoms. The normalized spacial score (nSPS) is 11.2. The van der Waals surface area contributed by atoms with Crippen molar-refractivity contribution >= 4 is 28.8 Å². The van der Waals surface area contributed by atoms with Crippen LogP contribution in [-0.4, -0.2) is 14.5 Å². The van der Waals surface area contributed by atoms with Crippen LogP contribution in [0.15, 0.2) is 36.5 Å². The summed E-state index contributed by atoms with van der Waals surface area (Å²) < 4.78 is 1.76. The molecule has 0 saturated heterocycles. The van der Waals surface area contributed by atoms with Crippen LogP contribution >= 0.6 is 23.2 Å². The predicted octanol–water partition coefficient (Wildman–Crippen LogP) is 4.03. The lowest BCUT2D eigenvalue weighted by atomic mass is 10.1. The monoisotopic (exact) mass is 320 g/mol. The number of hydrogen-bond acceptors (Lipinski definition) is 2. The molecule has 3 aromatic rings. The molecule has 1 aromatic carbocycles. The molecule has 21 heavy (non-hydrogen) atoms. The summed E-state index contributed by atoms with van der Waals surface area (Å²) in [5.41, 5.74) is 4.49. The average Bonchev–Trinajstić information content (AvgIpc) is 2.76. The summed E-state index contributed by atoms with van der Waals surface area (Å²) in [4.78, 5) is 4.56. The van der Waals surface area contributed by atoms with E-state index >= 15 is 0 Å². The van der Waals surface area contributed by atoms with Crippen molar-refractivity contribution in [3.8, 4) is 0 Å². The molecule has 2 heterocycles. The number of aliphatic hydroxyl groups excluding tert-OH is 1. The number of hydrogen-bond donors (Lipinski definition) is 1. The first-order chi connectivity index (χ1) is 10.1. The minimum Gasteiger partial charge on any atom is -0.390 e. The third-order valence-electron chi connectivity index (χ3n) is 3.43. The third-order valence-corrected chi connectivity index (χ3v) is 3.91. The van der Waals surface area contributed by atoms with Gasteiger partial charge in [-0.1, -0.05) is 53.0 Å². The van der Waals surface area contributed by atoms with Gasteiger partial charge in [0.25, 0.3) is 0 Å². The lowest BCUT2D eigenvalue weighted by molar-refractivity contribution is 0.274. The second kappa shape index (κ2) is 5.68. The summed E-state index contributed by atoms with van der Waals surface area (Å²) >= 11 is 12.2. The Morgan fingerprint density at radius 1 is 1.24 bits per heavy atom. The molecule has 0 amide bonds. The summed E-state index contributed by atoms with van der Waals surface area (Å²) in [6.45, 7) is 1.94. The number of pyridine rings is 1. The van der Waals surface area contributed by atoms with Crippen LogP contribution in [0.1, 0.15) is 22.5 Å². The Labute approximate surface area is 132 Å². The summed E-state index contributed by atoms with van der Waals surface area (Å²) in [5, 5.41) is 10.7. The van der Waals surface area contributed by atoms with Gasteiger partial charge in [0.05, 0.1) is 28.0 Å². The number of aromatic nitrogens is 2. The van der Waals surface area contributed by atoms with E-state index in [4.69, 9.17) is 23.2 Å². The van der Waals surface area contributed by atoms with Gasteiger partial charge in [-0.05, 0) is 18.6 Å². The van der Waals surface area contributed by atoms with Crippen molar-refractivity contribution in [3.05, 3.63) is 69.1 Å². The highest BCUT2D eigenvalue weighted by Crippen LogP contribution is 2.25. The Morgan fingerprint density at radius 2 is 2.05 bits per heavy atom. The molecule has 5 heteroatoms. The minimum atomic E-state index is -0.112. The molecule has 0 aliphatic carbocycles. The highest BCUT2D eigenvalue weighted by Gasteiger charge is 2.14. The van der Waals surface area contributed by atoms with E-state index in [1.807, 2.05) is 12.1 Å². The molecule has 1 N–H and O–H groups in total. The Bertz CT molecular complexity index is 811. The van der Waals surface area contributed by atoms with Crippen LogP contribution in [0, 0.1) is 6.92 Å². The van der Waals surface area contributed by atoms with E-state index in [0.29, 0.717) is 22.1 Å². The molecule has 0 aliphatic heterocycles. The minimum absolute atomic E-state index is 0.112. The van der Waals surface area contributed by atoms with Crippen LogP contribution in [0.2, 0.25) is 10.0 Å². The molecule has 3 nitrogen and oxygen atoms in total. The van der Waals surface area contributed by atoms with Crippen molar-refractivity contribution in [2.45, 2.75) is 20.0 Å². The number of nitrogens with zero attached hydrogens (tertiary/aromatic N) is 2. The molecule has 0 saturated carbocycles. The maximum Gasteiger partial charge on any atom is 0.156 e. The van der Waals surface area contributed by atoms with E-state index in [-0.39, 0.29) is 6.61 Å². The quantitative estimate of drug-likeness (QED) is 0.791. The third kappa shape index (κ3) is 2.77. The molecule has 3 rings (SSSR count). The van der Waals surface area contributed by atoms with Crippen molar-refractivity contribution in [1.82, 2.24) is 9.38 Å². The molecule has 0 radical (unpaired) electrons. The maximum atomic E-state index is 9.67. The number of aliphatic hydroxyl groups is 1. The van der Waals surface area contributed by atoms with E-state index in [9.17, 15) is 5.11 Å². The number of aryl methyl sites for hydroxylation is 1. The van der Waals surface area contributed by atoms with Gasteiger partial charge in [0.15, 0.2) is 5.65 Å². The largest absolute Gasteiger partial charge is 0.390 e. The van der Waals surface area contributed by atoms with Gasteiger partial charge in [-0.3, -0.25) is 4.40 Å². The second-order valence-electron chi connectivity index (χ2n) is 5.03. The Morgan fingerprint density at radius 3 is 2.76 bits per heavy atom. The fourth-order valence-corrected chi connectivity index (χ4v) is 3.00. The summed E-state index contributed by atoms with van der Waals surface area (Å²) in [6.07, 6.45) is 2.37. The first-order valence-electron chi connectivity index (χ1n) is 6.59. The van der Waals surface area contributed by atoms with Crippen molar-refractivity contribution in [3.63, 3.8) is 0 Å². The Balaban J connectivity index is 2.12. The first kappa shape index (κ1) is 14.4. The molecular weight excluding hydrogens is 307 g/mol. The zero-order chi connectivity index (χ0) is 15.0. The van der Waals surface area contributed by atoms with Gasteiger partial charge in [-0.15, -0.1) is 0 Å². The fraction of sp³-hybridized carbons (Fsp3) is 0.188. The predicted molar refractivity (Wildman–Crippen MR) is 85.1 cm³/mol. The maximum absolute atomic E-state index is 9.67. The van der Waals surface area contributed by atoms with Crippen LogP contribution in [0.25, 0.3) is 5.65 Å². The smallest absolute Gasteiger partial charge is 0.156 e. The zero-order valence-corrected chi connectivity index (χ0v) is 13.0. The fourth-order valence-electron chi connectivity index (χ4n) is 2.49. The topological polar surface area (TPSA) is 37.5 Å². The zero-order valence-electron chi connectivity index (χ0n) is 11.5. The molecule has 0 unspecified atom stereocenters. The Kier molecular flexibility index (Phi) is 3.89. The molecular formula is C16H14Cl2N2O. The van der Waals surface area contributed by atoms with Crippen molar-refractivity contribution in [1.29, 1.82) is 0 Å². The van der Waals surface area contributed by atoms with Gasteiger partial charge in [0, 0.05) is 12.6 Å². The molecule has 0 atom stereocenters. The SMILES string of the molecule is Cc1cccc(Cc2nc3c(Cl)cc(Cl)cn3c2CO)c1. The highest BCUT2D eigenvalue weighted by atomic mass is 35.5. The molecule has 0 fully saturated rings. The van der Waals surface area contributed by atoms with E-state index in [1.165, 1.54) is 5.56 Å². The van der Waals surface area contributed by atoms with Gasteiger partial charge in [-0.25, -0.2) is 4.98 Å². The first-order valence-corrected chi connectivity index (χ1v) is 7.35. The lowest BCUT2D eigenvalue weighted by Crippen LogP contribution is -1.98. The average molecular weight is 321 g/mol. The van der Waals surface area contributed by atoms with E-state index in [0.717, 1.165) is 17.0 Å². The van der Waals surface area contributed by atoms with Crippen LogP contribution < -0.4 is 0 Å². The second-order valence-corrected chi connectivity index (χ2v) is 5.87. The van der Waals surface area contributed by atoms with Crippen molar-refractivity contribution < 1.29 is 5.11 Å². The number of halogens is 2. The van der Waals surface area contributed by atoms with Crippen molar-refractivity contribution in [2.24, 2.45) is 0 Å². The van der Waals surface area contributed by atoms with Gasteiger partial charge >= 0.3 is 0 Å². The number of imidazole rings is 1. The van der Waals surface area contributed by atoms with Crippen molar-refractivity contribution in [2.75, 3.05) is 0 Å². The number of rotatable bonds is 3. The molecule has 108 valence electrons. The summed E-state index contributed by atoms with van der Waals surface area (Å²) in [7, 11) is 0. The van der Waals surface area contributed by atoms with E-state index in [1.54, 1.807) is 16.7 Å².